The van der Waals surface area contributed by atoms with Gasteiger partial charge in [0, 0.05) is 0 Å². The molecular formula is C15H13F3N2O5S2. The number of hydrogen-bond donors (Lipinski definition) is 2. The second kappa shape index (κ2) is 7.98. The number of hydrogen-bond acceptors (Lipinski definition) is 5. The minimum Gasteiger partial charge on any atom is -0.435 e. The first-order valence-corrected chi connectivity index (χ1v) is 10.1. The summed E-state index contributed by atoms with van der Waals surface area (Å²) in [4.78, 5) is -0.602. The van der Waals surface area contributed by atoms with Crippen molar-refractivity contribution in [2.45, 2.75) is 11.5 Å². The molecule has 146 valence electrons. The van der Waals surface area contributed by atoms with E-state index in [4.69, 9.17) is 5.14 Å². The van der Waals surface area contributed by atoms with E-state index in [0.29, 0.717) is 17.0 Å². The fourth-order valence-corrected chi connectivity index (χ4v) is 3.56. The molecule has 0 aromatic heterocycles. The smallest absolute Gasteiger partial charge is 0.387 e. The standard InChI is InChI=1S/C15H13F3N2O5S2/c16-11-3-6-14(27(19,23)24)13(9-11)20-26(21,22)8-7-10-1-4-12(5-2-10)25-15(17)18/h1-9,15,20H,(H2,19,23,24)/b8-7+. The summed E-state index contributed by atoms with van der Waals surface area (Å²) in [7, 11) is -8.53. The van der Waals surface area contributed by atoms with Crippen LogP contribution in [0.4, 0.5) is 18.9 Å². The zero-order valence-electron chi connectivity index (χ0n) is 13.3. The van der Waals surface area contributed by atoms with Crippen molar-refractivity contribution in [1.29, 1.82) is 0 Å². The zero-order chi connectivity index (χ0) is 20.2. The highest BCUT2D eigenvalue weighted by atomic mass is 32.2. The van der Waals surface area contributed by atoms with E-state index in [1.165, 1.54) is 24.3 Å². The van der Waals surface area contributed by atoms with Crippen LogP contribution in [0.1, 0.15) is 5.56 Å². The maximum Gasteiger partial charge on any atom is 0.387 e. The van der Waals surface area contributed by atoms with E-state index < -0.39 is 43.1 Å². The van der Waals surface area contributed by atoms with Crippen molar-refractivity contribution in [3.05, 3.63) is 59.3 Å². The third-order valence-electron chi connectivity index (χ3n) is 3.05. The first kappa shape index (κ1) is 20.7. The number of halogens is 3. The molecule has 0 aliphatic carbocycles. The number of nitrogens with two attached hydrogens (primary N) is 1. The van der Waals surface area contributed by atoms with Gasteiger partial charge < -0.3 is 4.74 Å². The van der Waals surface area contributed by atoms with E-state index in [9.17, 15) is 30.0 Å². The van der Waals surface area contributed by atoms with Gasteiger partial charge in [0.05, 0.1) is 11.1 Å². The second-order valence-electron chi connectivity index (χ2n) is 5.08. The molecule has 0 bridgehead atoms. The minimum absolute atomic E-state index is 0.110. The lowest BCUT2D eigenvalue weighted by Crippen LogP contribution is -2.17. The van der Waals surface area contributed by atoms with Crippen LogP contribution < -0.4 is 14.6 Å². The van der Waals surface area contributed by atoms with E-state index >= 15 is 0 Å². The SMILES string of the molecule is NS(=O)(=O)c1ccc(F)cc1NS(=O)(=O)/C=C/c1ccc(OC(F)F)cc1. The molecule has 0 radical (unpaired) electrons. The monoisotopic (exact) mass is 422 g/mol. The fraction of sp³-hybridized carbons (Fsp3) is 0.0667. The molecule has 0 saturated carbocycles. The molecule has 12 heteroatoms. The van der Waals surface area contributed by atoms with Crippen LogP contribution in [0.25, 0.3) is 6.08 Å². The van der Waals surface area contributed by atoms with Crippen LogP contribution in [0.15, 0.2) is 52.8 Å². The Labute approximate surface area is 153 Å². The average Bonchev–Trinajstić information content (AvgIpc) is 2.52. The van der Waals surface area contributed by atoms with Crippen LogP contribution in [-0.4, -0.2) is 23.4 Å². The summed E-state index contributed by atoms with van der Waals surface area (Å²) in [5, 5.41) is 5.66. The van der Waals surface area contributed by atoms with Crippen LogP contribution in [0.5, 0.6) is 5.75 Å². The summed E-state index contributed by atoms with van der Waals surface area (Å²) in [5.41, 5.74) is -0.226. The molecule has 0 amide bonds. The van der Waals surface area contributed by atoms with E-state index in [1.807, 2.05) is 4.72 Å². The Hall–Kier alpha value is -2.57. The summed E-state index contributed by atoms with van der Waals surface area (Å²) >= 11 is 0. The normalized spacial score (nSPS) is 12.5. The number of rotatable bonds is 7. The van der Waals surface area contributed by atoms with Crippen molar-refractivity contribution in [2.75, 3.05) is 4.72 Å². The molecule has 0 atom stereocenters. The lowest BCUT2D eigenvalue weighted by molar-refractivity contribution is -0.0498. The Morgan fingerprint density at radius 2 is 1.67 bits per heavy atom. The van der Waals surface area contributed by atoms with Crippen LogP contribution in [0.3, 0.4) is 0 Å². The molecule has 2 rings (SSSR count). The van der Waals surface area contributed by atoms with Crippen LogP contribution >= 0.6 is 0 Å². The van der Waals surface area contributed by atoms with E-state index in [-0.39, 0.29) is 5.75 Å². The highest BCUT2D eigenvalue weighted by Crippen LogP contribution is 2.23. The first-order valence-electron chi connectivity index (χ1n) is 7.04. The summed E-state index contributed by atoms with van der Waals surface area (Å²) in [6.07, 6.45) is 1.12. The van der Waals surface area contributed by atoms with E-state index in [1.54, 1.807) is 0 Å². The second-order valence-corrected chi connectivity index (χ2v) is 8.18. The van der Waals surface area contributed by atoms with Crippen molar-refractivity contribution in [2.24, 2.45) is 5.14 Å². The van der Waals surface area contributed by atoms with Crippen molar-refractivity contribution < 1.29 is 34.7 Å². The van der Waals surface area contributed by atoms with Gasteiger partial charge in [0.2, 0.25) is 10.0 Å². The lowest BCUT2D eigenvalue weighted by Gasteiger charge is -2.09. The average molecular weight is 422 g/mol. The number of benzene rings is 2. The van der Waals surface area contributed by atoms with Gasteiger partial charge in [-0.25, -0.2) is 26.4 Å². The highest BCUT2D eigenvalue weighted by molar-refractivity contribution is 7.95. The maximum atomic E-state index is 13.3. The van der Waals surface area contributed by atoms with Gasteiger partial charge in [-0.05, 0) is 42.0 Å². The van der Waals surface area contributed by atoms with Crippen molar-refractivity contribution in [3.8, 4) is 5.75 Å². The molecule has 0 aliphatic heterocycles. The van der Waals surface area contributed by atoms with Crippen LogP contribution in [0, 0.1) is 5.82 Å². The Bertz CT molecular complexity index is 1050. The molecule has 7 nitrogen and oxygen atoms in total. The molecular weight excluding hydrogens is 409 g/mol. The van der Waals surface area contributed by atoms with Gasteiger partial charge in [-0.2, -0.15) is 8.78 Å². The van der Waals surface area contributed by atoms with Gasteiger partial charge in [-0.15, -0.1) is 0 Å². The Kier molecular flexibility index (Phi) is 6.13. The number of anilines is 1. The number of ether oxygens (including phenoxy) is 1. The van der Waals surface area contributed by atoms with Gasteiger partial charge in [-0.1, -0.05) is 12.1 Å². The maximum absolute atomic E-state index is 13.3. The van der Waals surface area contributed by atoms with Crippen molar-refractivity contribution in [1.82, 2.24) is 0 Å². The summed E-state index contributed by atoms with van der Waals surface area (Å²) in [5.74, 6) is -0.987. The Balaban J connectivity index is 2.23. The third-order valence-corrected chi connectivity index (χ3v) is 5.01. The molecule has 0 unspecified atom stereocenters. The number of sulfonamides is 2. The Morgan fingerprint density at radius 1 is 1.04 bits per heavy atom. The number of primary sulfonamides is 1. The summed E-state index contributed by atoms with van der Waals surface area (Å²) in [6.45, 7) is -2.99. The van der Waals surface area contributed by atoms with Gasteiger partial charge in [0.1, 0.15) is 16.5 Å². The topological polar surface area (TPSA) is 116 Å². The molecule has 0 spiro atoms. The third kappa shape index (κ3) is 6.27. The molecule has 0 saturated heterocycles. The number of nitrogens with one attached hydrogen (secondary N) is 1. The van der Waals surface area contributed by atoms with Crippen LogP contribution in [0.2, 0.25) is 0 Å². The van der Waals surface area contributed by atoms with E-state index in [2.05, 4.69) is 4.74 Å². The predicted octanol–water partition coefficient (Wildman–Crippen LogP) is 2.49. The molecule has 0 heterocycles. The molecule has 0 aliphatic rings. The van der Waals surface area contributed by atoms with Gasteiger partial charge in [0.15, 0.2) is 0 Å². The Morgan fingerprint density at radius 3 is 2.22 bits per heavy atom. The highest BCUT2D eigenvalue weighted by Gasteiger charge is 2.18. The molecule has 2 aromatic carbocycles. The van der Waals surface area contributed by atoms with Gasteiger partial charge in [-0.3, -0.25) is 4.72 Å². The summed E-state index contributed by atoms with van der Waals surface area (Å²) < 4.78 is 90.7. The van der Waals surface area contributed by atoms with Crippen molar-refractivity contribution >= 4 is 31.8 Å². The largest absolute Gasteiger partial charge is 0.435 e. The van der Waals surface area contributed by atoms with E-state index in [0.717, 1.165) is 18.2 Å². The zero-order valence-corrected chi connectivity index (χ0v) is 15.0. The lowest BCUT2D eigenvalue weighted by atomic mass is 10.2. The molecule has 3 N–H and O–H groups in total. The quantitative estimate of drug-likeness (QED) is 0.711. The van der Waals surface area contributed by atoms with Gasteiger partial charge in [0.25, 0.3) is 10.0 Å². The van der Waals surface area contributed by atoms with Gasteiger partial charge >= 0.3 is 6.61 Å². The first-order chi connectivity index (χ1) is 12.5. The fourth-order valence-electron chi connectivity index (χ4n) is 1.95. The van der Waals surface area contributed by atoms with Crippen LogP contribution in [-0.2, 0) is 20.0 Å². The molecule has 0 fully saturated rings. The summed E-state index contributed by atoms with van der Waals surface area (Å²) in [6, 6.07) is 7.37. The molecule has 27 heavy (non-hydrogen) atoms. The molecule has 2 aromatic rings. The predicted molar refractivity (Wildman–Crippen MR) is 92.4 cm³/mol. The van der Waals surface area contributed by atoms with Crippen molar-refractivity contribution in [3.63, 3.8) is 0 Å². The minimum atomic E-state index is -4.30. The number of alkyl halides is 2.